The Hall–Kier alpha value is -5.07. The monoisotopic (exact) mass is 520 g/mol. The number of hydrogen-bond donors (Lipinski definition) is 0. The number of thiazole rings is 1. The van der Waals surface area contributed by atoms with Gasteiger partial charge in [0.25, 0.3) is 0 Å². The Kier molecular flexibility index (Phi) is 4.93. The maximum absolute atomic E-state index is 5.62. The summed E-state index contributed by atoms with van der Waals surface area (Å²) in [5.74, 6) is 0.556. The molecular weight excluding hydrogens is 500 g/mol. The van der Waals surface area contributed by atoms with Crippen LogP contribution in [0.3, 0.4) is 0 Å². The van der Waals surface area contributed by atoms with Gasteiger partial charge in [0, 0.05) is 33.8 Å². The van der Waals surface area contributed by atoms with Gasteiger partial charge in [-0.3, -0.25) is 4.98 Å². The van der Waals surface area contributed by atoms with Crippen LogP contribution in [0.5, 0.6) is 0 Å². The Morgan fingerprint density at radius 1 is 0.667 bits per heavy atom. The fraction of sp³-hybridized carbons (Fsp3) is 0. The molecule has 0 atom stereocenters. The summed E-state index contributed by atoms with van der Waals surface area (Å²) < 4.78 is 9.14. The minimum absolute atomic E-state index is 0.556. The molecule has 39 heavy (non-hydrogen) atoms. The molecule has 4 aromatic carbocycles. The van der Waals surface area contributed by atoms with Gasteiger partial charge in [0.15, 0.2) is 0 Å². The van der Waals surface area contributed by atoms with Crippen LogP contribution in [0.25, 0.3) is 71.0 Å². The first-order chi connectivity index (χ1) is 19.3. The first-order valence-electron chi connectivity index (χ1n) is 12.7. The quantitative estimate of drug-likeness (QED) is 0.233. The molecule has 0 spiro atoms. The van der Waals surface area contributed by atoms with Crippen molar-refractivity contribution in [1.82, 2.24) is 19.5 Å². The average molecular weight is 521 g/mol. The molecule has 0 aliphatic heterocycles. The molecule has 0 bridgehead atoms. The molecule has 0 radical (unpaired) electrons. The van der Waals surface area contributed by atoms with Crippen molar-refractivity contribution in [2.45, 2.75) is 0 Å². The van der Waals surface area contributed by atoms with Crippen LogP contribution in [-0.2, 0) is 0 Å². The molecule has 4 heterocycles. The molecule has 0 saturated carbocycles. The van der Waals surface area contributed by atoms with Crippen LogP contribution < -0.4 is 0 Å². The highest BCUT2D eigenvalue weighted by Crippen LogP contribution is 2.38. The van der Waals surface area contributed by atoms with Crippen molar-refractivity contribution in [3.05, 3.63) is 122 Å². The van der Waals surface area contributed by atoms with Gasteiger partial charge in [0.05, 0.1) is 38.7 Å². The Labute approximate surface area is 227 Å². The summed E-state index contributed by atoms with van der Waals surface area (Å²) in [5.41, 5.74) is 8.18. The fourth-order valence-electron chi connectivity index (χ4n) is 5.33. The number of rotatable bonds is 4. The Morgan fingerprint density at radius 3 is 2.49 bits per heavy atom. The molecule has 8 rings (SSSR count). The number of nitrogens with zero attached hydrogens (tertiary/aromatic N) is 4. The lowest BCUT2D eigenvalue weighted by Crippen LogP contribution is -1.96. The fourth-order valence-corrected chi connectivity index (χ4v) is 6.30. The van der Waals surface area contributed by atoms with Gasteiger partial charge in [0.1, 0.15) is 11.3 Å². The van der Waals surface area contributed by atoms with E-state index in [1.807, 2.05) is 18.2 Å². The molecule has 4 aromatic heterocycles. The minimum atomic E-state index is 0.556. The molecule has 0 amide bonds. The lowest BCUT2D eigenvalue weighted by Gasteiger charge is -2.11. The standard InChI is InChI=1S/C33H20N4OS/c1-3-12-28-24(9-1)25-15-14-22(33-36-27-11-2-4-13-30(27)39-33)20-29(25)37(28)23-8-5-7-21(19-23)31-26(10-6-16-34-31)32-35-17-18-38-32/h1-20H. The molecule has 0 unspecified atom stereocenters. The maximum atomic E-state index is 5.62. The van der Waals surface area contributed by atoms with E-state index < -0.39 is 0 Å². The Morgan fingerprint density at radius 2 is 1.56 bits per heavy atom. The summed E-state index contributed by atoms with van der Waals surface area (Å²) in [6.45, 7) is 0. The summed E-state index contributed by atoms with van der Waals surface area (Å²) >= 11 is 1.72. The van der Waals surface area contributed by atoms with Gasteiger partial charge in [-0.05, 0) is 48.5 Å². The van der Waals surface area contributed by atoms with E-state index in [2.05, 4.69) is 94.5 Å². The molecule has 8 aromatic rings. The molecule has 184 valence electrons. The lowest BCUT2D eigenvalue weighted by molar-refractivity contribution is 0.574. The number of para-hydroxylation sites is 2. The summed E-state index contributed by atoms with van der Waals surface area (Å²) in [7, 11) is 0. The molecule has 0 aliphatic rings. The van der Waals surface area contributed by atoms with Crippen LogP contribution in [-0.4, -0.2) is 19.5 Å². The molecule has 0 aliphatic carbocycles. The van der Waals surface area contributed by atoms with Gasteiger partial charge < -0.3 is 8.98 Å². The molecule has 0 fully saturated rings. The summed E-state index contributed by atoms with van der Waals surface area (Å²) in [6.07, 6.45) is 5.05. The van der Waals surface area contributed by atoms with Crippen molar-refractivity contribution in [3.8, 4) is 39.0 Å². The average Bonchev–Trinajstić information content (AvgIpc) is 3.75. The third kappa shape index (κ3) is 3.57. The number of oxazole rings is 1. The van der Waals surface area contributed by atoms with Crippen LogP contribution in [0.2, 0.25) is 0 Å². The second kappa shape index (κ2) is 8.75. The zero-order chi connectivity index (χ0) is 25.8. The van der Waals surface area contributed by atoms with Gasteiger partial charge in [-0.2, -0.15) is 0 Å². The predicted molar refractivity (Wildman–Crippen MR) is 158 cm³/mol. The Bertz CT molecular complexity index is 2110. The van der Waals surface area contributed by atoms with Crippen LogP contribution in [0.15, 0.2) is 126 Å². The van der Waals surface area contributed by atoms with Gasteiger partial charge in [-0.1, -0.05) is 54.6 Å². The van der Waals surface area contributed by atoms with Crippen LogP contribution >= 0.6 is 11.3 Å². The largest absolute Gasteiger partial charge is 0.444 e. The zero-order valence-corrected chi connectivity index (χ0v) is 21.5. The van der Waals surface area contributed by atoms with Crippen LogP contribution in [0, 0.1) is 0 Å². The SMILES string of the molecule is c1cc(-c2ncccc2-c2ncco2)cc(-n2c3ccccc3c3ccc(-c4nc5ccccc5s4)cc32)c1. The highest BCUT2D eigenvalue weighted by molar-refractivity contribution is 7.21. The molecular formula is C33H20N4OS. The van der Waals surface area contributed by atoms with E-state index in [-0.39, 0.29) is 0 Å². The number of fused-ring (bicyclic) bond motifs is 4. The van der Waals surface area contributed by atoms with Gasteiger partial charge in [-0.15, -0.1) is 11.3 Å². The number of aromatic nitrogens is 4. The van der Waals surface area contributed by atoms with Crippen molar-refractivity contribution in [2.75, 3.05) is 0 Å². The normalized spacial score (nSPS) is 11.6. The van der Waals surface area contributed by atoms with E-state index >= 15 is 0 Å². The maximum Gasteiger partial charge on any atom is 0.228 e. The molecule has 0 N–H and O–H groups in total. The lowest BCUT2D eigenvalue weighted by atomic mass is 10.0. The van der Waals surface area contributed by atoms with Gasteiger partial charge in [0.2, 0.25) is 5.89 Å². The van der Waals surface area contributed by atoms with Crippen molar-refractivity contribution < 1.29 is 4.42 Å². The van der Waals surface area contributed by atoms with E-state index in [9.17, 15) is 0 Å². The van der Waals surface area contributed by atoms with Gasteiger partial charge in [-0.25, -0.2) is 9.97 Å². The number of hydrogen-bond acceptors (Lipinski definition) is 5. The second-order valence-electron chi connectivity index (χ2n) is 9.36. The molecule has 5 nitrogen and oxygen atoms in total. The van der Waals surface area contributed by atoms with E-state index in [0.29, 0.717) is 5.89 Å². The molecule has 6 heteroatoms. The number of benzene rings is 4. The third-order valence-corrected chi connectivity index (χ3v) is 8.15. The van der Waals surface area contributed by atoms with Crippen molar-refractivity contribution in [3.63, 3.8) is 0 Å². The first-order valence-corrected chi connectivity index (χ1v) is 13.5. The van der Waals surface area contributed by atoms with E-state index in [0.717, 1.165) is 49.6 Å². The Balaban J connectivity index is 1.35. The van der Waals surface area contributed by atoms with Crippen molar-refractivity contribution >= 4 is 43.4 Å². The minimum Gasteiger partial charge on any atom is -0.444 e. The molecule has 0 saturated heterocycles. The summed E-state index contributed by atoms with van der Waals surface area (Å²) in [4.78, 5) is 14.0. The summed E-state index contributed by atoms with van der Waals surface area (Å²) in [5, 5.41) is 3.44. The highest BCUT2D eigenvalue weighted by Gasteiger charge is 2.17. The smallest absolute Gasteiger partial charge is 0.228 e. The third-order valence-electron chi connectivity index (χ3n) is 7.06. The topological polar surface area (TPSA) is 56.7 Å². The van der Waals surface area contributed by atoms with E-state index in [1.54, 1.807) is 30.0 Å². The van der Waals surface area contributed by atoms with Crippen molar-refractivity contribution in [1.29, 1.82) is 0 Å². The predicted octanol–water partition coefficient (Wildman–Crippen LogP) is 8.78. The summed E-state index contributed by atoms with van der Waals surface area (Å²) in [6, 6.07) is 35.9. The zero-order valence-electron chi connectivity index (χ0n) is 20.7. The van der Waals surface area contributed by atoms with E-state index in [1.165, 1.54) is 15.5 Å². The second-order valence-corrected chi connectivity index (χ2v) is 10.4. The van der Waals surface area contributed by atoms with Gasteiger partial charge >= 0.3 is 0 Å². The van der Waals surface area contributed by atoms with Crippen molar-refractivity contribution in [2.24, 2.45) is 0 Å². The first kappa shape index (κ1) is 22.0. The van der Waals surface area contributed by atoms with E-state index in [4.69, 9.17) is 14.4 Å². The highest BCUT2D eigenvalue weighted by atomic mass is 32.1. The number of pyridine rings is 1. The van der Waals surface area contributed by atoms with Crippen LogP contribution in [0.4, 0.5) is 0 Å². The van der Waals surface area contributed by atoms with Crippen LogP contribution in [0.1, 0.15) is 0 Å².